The molecule has 0 aliphatic carbocycles. The van der Waals surface area contributed by atoms with Crippen molar-refractivity contribution in [1.82, 2.24) is 4.90 Å². The molecule has 2 aromatic carbocycles. The van der Waals surface area contributed by atoms with Gasteiger partial charge in [-0.3, -0.25) is 4.79 Å². The fourth-order valence-electron chi connectivity index (χ4n) is 3.27. The summed E-state index contributed by atoms with van der Waals surface area (Å²) in [5.41, 5.74) is 0.0451. The van der Waals surface area contributed by atoms with Gasteiger partial charge in [0.15, 0.2) is 0 Å². The van der Waals surface area contributed by atoms with Crippen LogP contribution < -0.4 is 0 Å². The molecule has 1 heterocycles. The number of carbonyl (C=O) groups is 2. The van der Waals surface area contributed by atoms with E-state index >= 15 is 0 Å². The third-order valence-corrected chi connectivity index (χ3v) is 4.61. The molecule has 0 unspecified atom stereocenters. The van der Waals surface area contributed by atoms with Crippen molar-refractivity contribution >= 4 is 12.0 Å². The molecule has 1 fully saturated rings. The second-order valence-corrected chi connectivity index (χ2v) is 6.69. The van der Waals surface area contributed by atoms with Crippen LogP contribution in [0.15, 0.2) is 48.5 Å². The number of rotatable bonds is 5. The zero-order valence-electron chi connectivity index (χ0n) is 15.0. The average Bonchev–Trinajstić information content (AvgIpc) is 2.99. The number of halogens is 5. The molecular weight excluding hydrogens is 397 g/mol. The zero-order chi connectivity index (χ0) is 21.2. The molecule has 154 valence electrons. The van der Waals surface area contributed by atoms with E-state index in [1.807, 2.05) is 0 Å². The summed E-state index contributed by atoms with van der Waals surface area (Å²) in [4.78, 5) is 25.2. The lowest BCUT2D eigenvalue weighted by Crippen LogP contribution is -2.42. The minimum absolute atomic E-state index is 0.148. The first-order valence-electron chi connectivity index (χ1n) is 8.70. The van der Waals surface area contributed by atoms with Crippen LogP contribution in [-0.2, 0) is 16.0 Å². The second-order valence-electron chi connectivity index (χ2n) is 6.69. The van der Waals surface area contributed by atoms with Crippen molar-refractivity contribution in [1.29, 1.82) is 0 Å². The van der Waals surface area contributed by atoms with Gasteiger partial charge in [0.25, 0.3) is 0 Å². The van der Waals surface area contributed by atoms with Crippen molar-refractivity contribution in [2.75, 3.05) is 6.61 Å². The standard InChI is InChI=1S/C20H16F5NO3/c21-14-7-13(8-15(22)9-14)17(20(23,24)25)10-18(27)26-16(11-29-19(26)28)6-12-4-2-1-3-5-12/h1-5,7-9,16-17H,6,10-11H2/t16-,17-/m0/s1. The van der Waals surface area contributed by atoms with Crippen molar-refractivity contribution in [3.05, 3.63) is 71.3 Å². The first-order chi connectivity index (χ1) is 13.6. The first-order valence-corrected chi connectivity index (χ1v) is 8.70. The second kappa shape index (κ2) is 8.18. The highest BCUT2D eigenvalue weighted by molar-refractivity contribution is 5.94. The van der Waals surface area contributed by atoms with Gasteiger partial charge in [0.05, 0.1) is 12.0 Å². The van der Waals surface area contributed by atoms with Crippen LogP contribution >= 0.6 is 0 Å². The third-order valence-electron chi connectivity index (χ3n) is 4.61. The number of nitrogens with zero attached hydrogens (tertiary/aromatic N) is 1. The molecule has 2 atom stereocenters. The molecule has 0 saturated carbocycles. The Hall–Kier alpha value is -2.97. The van der Waals surface area contributed by atoms with E-state index in [0.717, 1.165) is 5.56 Å². The van der Waals surface area contributed by atoms with Crippen LogP contribution in [0.1, 0.15) is 23.5 Å². The van der Waals surface area contributed by atoms with Crippen LogP contribution in [0.5, 0.6) is 0 Å². The number of imide groups is 1. The van der Waals surface area contributed by atoms with Crippen LogP contribution in [-0.4, -0.2) is 35.7 Å². The summed E-state index contributed by atoms with van der Waals surface area (Å²) in [5.74, 6) is -5.97. The number of benzene rings is 2. The smallest absolute Gasteiger partial charge is 0.416 e. The molecule has 4 nitrogen and oxygen atoms in total. The first kappa shape index (κ1) is 20.8. The van der Waals surface area contributed by atoms with Crippen LogP contribution in [0.2, 0.25) is 0 Å². The fourth-order valence-corrected chi connectivity index (χ4v) is 3.27. The number of amides is 2. The number of cyclic esters (lactones) is 1. The summed E-state index contributed by atoms with van der Waals surface area (Å²) in [6.07, 6.45) is -6.95. The molecule has 1 aliphatic heterocycles. The Morgan fingerprint density at radius 2 is 1.72 bits per heavy atom. The van der Waals surface area contributed by atoms with Gasteiger partial charge >= 0.3 is 12.3 Å². The van der Waals surface area contributed by atoms with E-state index in [4.69, 9.17) is 4.74 Å². The van der Waals surface area contributed by atoms with Gasteiger partial charge in [-0.1, -0.05) is 30.3 Å². The van der Waals surface area contributed by atoms with Gasteiger partial charge in [-0.2, -0.15) is 13.2 Å². The topological polar surface area (TPSA) is 46.6 Å². The van der Waals surface area contributed by atoms with Gasteiger partial charge < -0.3 is 4.74 Å². The van der Waals surface area contributed by atoms with Crippen molar-refractivity contribution in [2.45, 2.75) is 31.0 Å². The molecule has 0 radical (unpaired) electrons. The Morgan fingerprint density at radius 1 is 1.10 bits per heavy atom. The maximum absolute atomic E-state index is 13.5. The van der Waals surface area contributed by atoms with Crippen molar-refractivity contribution in [2.24, 2.45) is 0 Å². The molecule has 2 aromatic rings. The van der Waals surface area contributed by atoms with Gasteiger partial charge in [0, 0.05) is 12.5 Å². The molecule has 0 bridgehead atoms. The lowest BCUT2D eigenvalue weighted by Gasteiger charge is -2.24. The summed E-state index contributed by atoms with van der Waals surface area (Å²) in [7, 11) is 0. The van der Waals surface area contributed by atoms with E-state index in [9.17, 15) is 31.5 Å². The van der Waals surface area contributed by atoms with E-state index in [0.29, 0.717) is 23.1 Å². The van der Waals surface area contributed by atoms with E-state index in [1.54, 1.807) is 30.3 Å². The van der Waals surface area contributed by atoms with Crippen LogP contribution in [0.3, 0.4) is 0 Å². The molecular formula is C20H16F5NO3. The molecule has 3 rings (SSSR count). The van der Waals surface area contributed by atoms with Gasteiger partial charge in [0.2, 0.25) is 5.91 Å². The lowest BCUT2D eigenvalue weighted by atomic mass is 9.93. The van der Waals surface area contributed by atoms with Crippen LogP contribution in [0.4, 0.5) is 26.7 Å². The molecule has 2 amide bonds. The lowest BCUT2D eigenvalue weighted by molar-refractivity contribution is -0.160. The molecule has 0 spiro atoms. The molecule has 0 N–H and O–H groups in total. The van der Waals surface area contributed by atoms with Gasteiger partial charge in [-0.05, 0) is 29.7 Å². The van der Waals surface area contributed by atoms with Crippen LogP contribution in [0.25, 0.3) is 0 Å². The minimum atomic E-state index is -4.95. The molecule has 0 aromatic heterocycles. The number of hydrogen-bond donors (Lipinski definition) is 0. The Morgan fingerprint density at radius 3 is 2.31 bits per heavy atom. The van der Waals surface area contributed by atoms with E-state index in [2.05, 4.69) is 0 Å². The molecule has 1 saturated heterocycles. The van der Waals surface area contributed by atoms with Crippen molar-refractivity contribution < 1.29 is 36.3 Å². The average molecular weight is 413 g/mol. The normalized spacial score (nSPS) is 17.9. The van der Waals surface area contributed by atoms with Crippen molar-refractivity contribution in [3.63, 3.8) is 0 Å². The van der Waals surface area contributed by atoms with Gasteiger partial charge in [0.1, 0.15) is 18.2 Å². The Balaban J connectivity index is 1.83. The Labute approximate surface area is 162 Å². The highest BCUT2D eigenvalue weighted by Crippen LogP contribution is 2.39. The zero-order valence-corrected chi connectivity index (χ0v) is 15.0. The van der Waals surface area contributed by atoms with Crippen molar-refractivity contribution in [3.8, 4) is 0 Å². The van der Waals surface area contributed by atoms with E-state index in [-0.39, 0.29) is 13.0 Å². The highest BCUT2D eigenvalue weighted by atomic mass is 19.4. The van der Waals surface area contributed by atoms with Gasteiger partial charge in [-0.25, -0.2) is 18.5 Å². The summed E-state index contributed by atoms with van der Waals surface area (Å²) >= 11 is 0. The summed E-state index contributed by atoms with van der Waals surface area (Å²) in [6.45, 7) is -0.148. The quantitative estimate of drug-likeness (QED) is 0.674. The number of carbonyl (C=O) groups excluding carboxylic acids is 2. The van der Waals surface area contributed by atoms with E-state index in [1.165, 1.54) is 0 Å². The number of hydrogen-bond acceptors (Lipinski definition) is 3. The maximum atomic E-state index is 13.5. The molecule has 9 heteroatoms. The largest absolute Gasteiger partial charge is 0.447 e. The predicted octanol–water partition coefficient (Wildman–Crippen LogP) is 4.59. The fraction of sp³-hybridized carbons (Fsp3) is 0.300. The number of alkyl halides is 3. The number of ether oxygens (including phenoxy) is 1. The Bertz CT molecular complexity index is 880. The third kappa shape index (κ3) is 4.90. The summed E-state index contributed by atoms with van der Waals surface area (Å²) in [6, 6.07) is 9.49. The van der Waals surface area contributed by atoms with Gasteiger partial charge in [-0.15, -0.1) is 0 Å². The minimum Gasteiger partial charge on any atom is -0.447 e. The Kier molecular flexibility index (Phi) is 5.86. The predicted molar refractivity (Wildman–Crippen MR) is 91.9 cm³/mol. The van der Waals surface area contributed by atoms with Crippen LogP contribution in [0, 0.1) is 11.6 Å². The molecule has 1 aliphatic rings. The maximum Gasteiger partial charge on any atom is 0.416 e. The van der Waals surface area contributed by atoms with E-state index < -0.39 is 53.8 Å². The molecule has 29 heavy (non-hydrogen) atoms. The highest BCUT2D eigenvalue weighted by Gasteiger charge is 2.46. The SMILES string of the molecule is O=C(C[C@@H](c1cc(F)cc(F)c1)C(F)(F)F)N1C(=O)OC[C@@H]1Cc1ccccc1. The monoisotopic (exact) mass is 413 g/mol. The summed E-state index contributed by atoms with van der Waals surface area (Å²) in [5, 5.41) is 0. The summed E-state index contributed by atoms with van der Waals surface area (Å²) < 4.78 is 72.2.